The highest BCUT2D eigenvalue weighted by Crippen LogP contribution is 2.30. The van der Waals surface area contributed by atoms with E-state index in [-0.39, 0.29) is 0 Å². The third-order valence-corrected chi connectivity index (χ3v) is 4.00. The molecule has 2 rings (SSSR count). The molecule has 0 saturated heterocycles. The smallest absolute Gasteiger partial charge is 0.223 e. The van der Waals surface area contributed by atoms with Gasteiger partial charge in [0.2, 0.25) is 5.95 Å². The molecule has 1 aromatic heterocycles. The van der Waals surface area contributed by atoms with Crippen LogP contribution < -0.4 is 11.1 Å². The first-order chi connectivity index (χ1) is 9.15. The van der Waals surface area contributed by atoms with Gasteiger partial charge in [0, 0.05) is 12.7 Å². The second kappa shape index (κ2) is 6.80. The average Bonchev–Trinajstić information content (AvgIpc) is 2.39. The summed E-state index contributed by atoms with van der Waals surface area (Å²) >= 11 is 4.91. The van der Waals surface area contributed by atoms with Crippen molar-refractivity contribution in [3.8, 4) is 0 Å². The highest BCUT2D eigenvalue weighted by atomic mass is 32.1. The zero-order valence-electron chi connectivity index (χ0n) is 11.4. The summed E-state index contributed by atoms with van der Waals surface area (Å²) in [5, 5.41) is 3.26. The van der Waals surface area contributed by atoms with Crippen LogP contribution in [0.5, 0.6) is 0 Å². The molecule has 2 unspecified atom stereocenters. The quantitative estimate of drug-likeness (QED) is 0.811. The van der Waals surface area contributed by atoms with Crippen LogP contribution in [0.15, 0.2) is 12.3 Å². The van der Waals surface area contributed by atoms with Crippen molar-refractivity contribution in [3.05, 3.63) is 18.0 Å². The number of nitrogens with zero attached hydrogens (tertiary/aromatic N) is 2. The average molecular weight is 278 g/mol. The Morgan fingerprint density at radius 2 is 2.37 bits per heavy atom. The van der Waals surface area contributed by atoms with Gasteiger partial charge in [0.15, 0.2) is 0 Å². The molecule has 0 radical (unpaired) electrons. The van der Waals surface area contributed by atoms with Gasteiger partial charge in [0.05, 0.1) is 0 Å². The summed E-state index contributed by atoms with van der Waals surface area (Å²) in [5.41, 5.74) is 6.18. The molecule has 5 heteroatoms. The van der Waals surface area contributed by atoms with Crippen LogP contribution in [0, 0.1) is 11.8 Å². The fraction of sp³-hybridized carbons (Fsp3) is 0.643. The number of aromatic nitrogens is 2. The lowest BCUT2D eigenvalue weighted by molar-refractivity contribution is 0.274. The maximum Gasteiger partial charge on any atom is 0.223 e. The van der Waals surface area contributed by atoms with Crippen LogP contribution in [0.3, 0.4) is 0 Å². The van der Waals surface area contributed by atoms with Gasteiger partial charge in [-0.3, -0.25) is 0 Å². The maximum absolute atomic E-state index is 5.56. The molecule has 1 saturated carbocycles. The van der Waals surface area contributed by atoms with E-state index in [0.29, 0.717) is 16.6 Å². The van der Waals surface area contributed by atoms with E-state index in [0.717, 1.165) is 18.4 Å². The van der Waals surface area contributed by atoms with E-state index in [9.17, 15) is 0 Å². The summed E-state index contributed by atoms with van der Waals surface area (Å²) in [7, 11) is 0. The summed E-state index contributed by atoms with van der Waals surface area (Å²) in [5.74, 6) is 2.34. The molecular formula is C14H22N4S. The van der Waals surface area contributed by atoms with E-state index < -0.39 is 0 Å². The lowest BCUT2D eigenvalue weighted by Gasteiger charge is -2.26. The van der Waals surface area contributed by atoms with Gasteiger partial charge in [-0.1, -0.05) is 38.4 Å². The Balaban J connectivity index is 1.79. The van der Waals surface area contributed by atoms with Gasteiger partial charge in [-0.05, 0) is 30.7 Å². The third-order valence-electron chi connectivity index (χ3n) is 3.79. The molecule has 0 spiro atoms. The van der Waals surface area contributed by atoms with Crippen molar-refractivity contribution in [3.63, 3.8) is 0 Å². The molecule has 1 fully saturated rings. The van der Waals surface area contributed by atoms with Crippen LogP contribution in [0.4, 0.5) is 5.95 Å². The van der Waals surface area contributed by atoms with Crippen molar-refractivity contribution in [2.75, 3.05) is 11.9 Å². The highest BCUT2D eigenvalue weighted by molar-refractivity contribution is 7.80. The van der Waals surface area contributed by atoms with Gasteiger partial charge in [-0.25, -0.2) is 9.97 Å². The van der Waals surface area contributed by atoms with E-state index in [1.165, 1.54) is 32.1 Å². The van der Waals surface area contributed by atoms with E-state index in [1.807, 2.05) is 0 Å². The predicted molar refractivity (Wildman–Crippen MR) is 82.1 cm³/mol. The van der Waals surface area contributed by atoms with Crippen LogP contribution in [-0.2, 0) is 0 Å². The molecule has 3 N–H and O–H groups in total. The number of nitrogens with two attached hydrogens (primary N) is 1. The Bertz CT molecular complexity index is 435. The lowest BCUT2D eigenvalue weighted by Crippen LogP contribution is -2.18. The Morgan fingerprint density at radius 3 is 3.11 bits per heavy atom. The minimum absolute atomic E-state index is 0.312. The number of nitrogens with one attached hydrogen (secondary N) is 1. The minimum Gasteiger partial charge on any atom is -0.388 e. The normalized spacial score (nSPS) is 23.0. The molecule has 19 heavy (non-hydrogen) atoms. The Hall–Kier alpha value is -1.23. The zero-order valence-corrected chi connectivity index (χ0v) is 12.2. The summed E-state index contributed by atoms with van der Waals surface area (Å²) in [4.78, 5) is 8.78. The first-order valence-electron chi connectivity index (χ1n) is 7.02. The monoisotopic (exact) mass is 278 g/mol. The zero-order chi connectivity index (χ0) is 13.7. The molecule has 0 aromatic carbocycles. The fourth-order valence-electron chi connectivity index (χ4n) is 2.79. The van der Waals surface area contributed by atoms with Crippen molar-refractivity contribution in [2.24, 2.45) is 17.6 Å². The Morgan fingerprint density at radius 1 is 1.53 bits per heavy atom. The van der Waals surface area contributed by atoms with E-state index in [1.54, 1.807) is 12.3 Å². The number of hydrogen-bond acceptors (Lipinski definition) is 4. The third kappa shape index (κ3) is 4.42. The number of thiocarbonyl (C=S) groups is 1. The Labute approximate surface area is 120 Å². The lowest BCUT2D eigenvalue weighted by atomic mass is 9.81. The fourth-order valence-corrected chi connectivity index (χ4v) is 2.90. The van der Waals surface area contributed by atoms with Crippen molar-refractivity contribution < 1.29 is 0 Å². The second-order valence-electron chi connectivity index (χ2n) is 5.48. The van der Waals surface area contributed by atoms with E-state index in [2.05, 4.69) is 22.2 Å². The van der Waals surface area contributed by atoms with Crippen LogP contribution in [0.1, 0.15) is 44.7 Å². The van der Waals surface area contributed by atoms with Crippen LogP contribution in [0.25, 0.3) is 0 Å². The first kappa shape index (κ1) is 14.2. The van der Waals surface area contributed by atoms with Crippen molar-refractivity contribution in [1.29, 1.82) is 0 Å². The van der Waals surface area contributed by atoms with Crippen LogP contribution >= 0.6 is 12.2 Å². The van der Waals surface area contributed by atoms with E-state index >= 15 is 0 Å². The number of anilines is 1. The molecule has 0 amide bonds. The van der Waals surface area contributed by atoms with Gasteiger partial charge in [-0.15, -0.1) is 0 Å². The molecule has 1 aliphatic rings. The molecule has 2 atom stereocenters. The molecule has 1 aromatic rings. The molecule has 0 aliphatic heterocycles. The van der Waals surface area contributed by atoms with Gasteiger partial charge < -0.3 is 11.1 Å². The maximum atomic E-state index is 5.56. The molecule has 1 aliphatic carbocycles. The number of rotatable bonds is 5. The van der Waals surface area contributed by atoms with Gasteiger partial charge in [0.25, 0.3) is 0 Å². The summed E-state index contributed by atoms with van der Waals surface area (Å²) < 4.78 is 0. The summed E-state index contributed by atoms with van der Waals surface area (Å²) in [6, 6.07) is 1.73. The predicted octanol–water partition coefficient (Wildman–Crippen LogP) is 2.74. The Kier molecular flexibility index (Phi) is 5.07. The topological polar surface area (TPSA) is 63.8 Å². The molecule has 0 bridgehead atoms. The van der Waals surface area contributed by atoms with Gasteiger partial charge >= 0.3 is 0 Å². The molecular weight excluding hydrogens is 256 g/mol. The van der Waals surface area contributed by atoms with Gasteiger partial charge in [0.1, 0.15) is 10.7 Å². The first-order valence-corrected chi connectivity index (χ1v) is 7.42. The minimum atomic E-state index is 0.312. The molecule has 1 heterocycles. The molecule has 4 nitrogen and oxygen atoms in total. The highest BCUT2D eigenvalue weighted by Gasteiger charge is 2.18. The van der Waals surface area contributed by atoms with Crippen LogP contribution in [-0.4, -0.2) is 21.5 Å². The van der Waals surface area contributed by atoms with Gasteiger partial charge in [-0.2, -0.15) is 0 Å². The largest absolute Gasteiger partial charge is 0.388 e. The number of hydrogen-bond donors (Lipinski definition) is 2. The van der Waals surface area contributed by atoms with Crippen molar-refractivity contribution in [2.45, 2.75) is 39.0 Å². The van der Waals surface area contributed by atoms with E-state index in [4.69, 9.17) is 18.0 Å². The van der Waals surface area contributed by atoms with Crippen LogP contribution in [0.2, 0.25) is 0 Å². The standard InChI is InChI=1S/C14H22N4S/c1-10-3-2-4-11(9-10)5-7-16-14-17-8-6-12(18-14)13(15)19/h6,8,10-11H,2-5,7,9H2,1H3,(H2,15,19)(H,16,17,18). The van der Waals surface area contributed by atoms with Crippen molar-refractivity contribution in [1.82, 2.24) is 9.97 Å². The second-order valence-corrected chi connectivity index (χ2v) is 5.92. The van der Waals surface area contributed by atoms with Crippen molar-refractivity contribution >= 4 is 23.2 Å². The SMILES string of the molecule is CC1CCCC(CCNc2nccc(C(N)=S)n2)C1. The molecule has 104 valence electrons. The summed E-state index contributed by atoms with van der Waals surface area (Å²) in [6.07, 6.45) is 8.36. The summed E-state index contributed by atoms with van der Waals surface area (Å²) in [6.45, 7) is 3.27.